The van der Waals surface area contributed by atoms with Crippen LogP contribution in [-0.2, 0) is 42.3 Å². The first-order valence-corrected chi connectivity index (χ1v) is 12.9. The minimum absolute atomic E-state index is 0. The molecule has 31 heavy (non-hydrogen) atoms. The Morgan fingerprint density at radius 2 is 1.19 bits per heavy atom. The number of halogens is 1. The van der Waals surface area contributed by atoms with Gasteiger partial charge in [-0.15, -0.1) is 0 Å². The molecule has 4 nitrogen and oxygen atoms in total. The molecule has 0 spiro atoms. The topological polar surface area (TPSA) is 58.2 Å². The Kier molecular flexibility index (Phi) is 11.0. The van der Waals surface area contributed by atoms with Crippen LogP contribution in [0.2, 0.25) is 0 Å². The summed E-state index contributed by atoms with van der Waals surface area (Å²) in [7, 11) is -1.81. The molecule has 2 aromatic rings. The SMILES string of the molecule is CC[P+](CC)(CC(=O)Nc1c(C)cccc1C)CC(=O)Nc1c(C)cc(F)cc1C.[Y]. The molecule has 1 radical (unpaired) electrons. The van der Waals surface area contributed by atoms with Crippen LogP contribution < -0.4 is 10.6 Å². The van der Waals surface area contributed by atoms with Gasteiger partial charge in [-0.1, -0.05) is 18.2 Å². The van der Waals surface area contributed by atoms with E-state index in [1.807, 2.05) is 32.0 Å². The maximum absolute atomic E-state index is 13.6. The van der Waals surface area contributed by atoms with Crippen molar-refractivity contribution in [1.82, 2.24) is 0 Å². The zero-order chi connectivity index (χ0) is 22.5. The maximum atomic E-state index is 13.6. The summed E-state index contributed by atoms with van der Waals surface area (Å²) in [6.07, 6.45) is 2.36. The van der Waals surface area contributed by atoms with E-state index >= 15 is 0 Å². The van der Waals surface area contributed by atoms with Gasteiger partial charge in [-0.25, -0.2) is 4.39 Å². The summed E-state index contributed by atoms with van der Waals surface area (Å²) in [5.74, 6) is -0.453. The van der Waals surface area contributed by atoms with Gasteiger partial charge in [-0.2, -0.15) is 0 Å². The molecule has 0 saturated heterocycles. The van der Waals surface area contributed by atoms with Crippen molar-refractivity contribution in [2.45, 2.75) is 41.5 Å². The van der Waals surface area contributed by atoms with Crippen molar-refractivity contribution >= 4 is 30.5 Å². The van der Waals surface area contributed by atoms with Gasteiger partial charge in [0.25, 0.3) is 11.8 Å². The van der Waals surface area contributed by atoms with Gasteiger partial charge in [0.2, 0.25) is 0 Å². The van der Waals surface area contributed by atoms with Gasteiger partial charge in [0, 0.05) is 51.3 Å². The number of aryl methyl sites for hydroxylation is 4. The predicted octanol–water partition coefficient (Wildman–Crippen LogP) is 5.69. The van der Waals surface area contributed by atoms with Crippen LogP contribution in [0.3, 0.4) is 0 Å². The smallest absolute Gasteiger partial charge is 0.261 e. The van der Waals surface area contributed by atoms with Crippen molar-refractivity contribution in [2.75, 3.05) is 35.3 Å². The number of amides is 2. The van der Waals surface area contributed by atoms with Crippen molar-refractivity contribution < 1.29 is 46.7 Å². The minimum atomic E-state index is -1.81. The second-order valence-corrected chi connectivity index (χ2v) is 12.6. The van der Waals surface area contributed by atoms with Crippen LogP contribution in [0.25, 0.3) is 0 Å². The zero-order valence-electron chi connectivity index (χ0n) is 19.4. The zero-order valence-corrected chi connectivity index (χ0v) is 23.2. The van der Waals surface area contributed by atoms with Crippen molar-refractivity contribution in [3.63, 3.8) is 0 Å². The molecule has 2 amide bonds. The Bertz CT molecular complexity index is 902. The van der Waals surface area contributed by atoms with Crippen LogP contribution >= 0.6 is 7.26 Å². The van der Waals surface area contributed by atoms with Crippen LogP contribution in [0, 0.1) is 33.5 Å². The summed E-state index contributed by atoms with van der Waals surface area (Å²) in [5, 5.41) is 6.03. The fourth-order valence-electron chi connectivity index (χ4n) is 3.81. The molecule has 0 aliphatic rings. The Labute approximate surface area is 211 Å². The van der Waals surface area contributed by atoms with Gasteiger partial charge >= 0.3 is 0 Å². The molecule has 0 aliphatic carbocycles. The molecule has 165 valence electrons. The summed E-state index contributed by atoms with van der Waals surface area (Å²) in [6.45, 7) is 11.6. The fraction of sp³-hybridized carbons (Fsp3) is 0.417. The average molecular weight is 520 g/mol. The number of anilines is 2. The van der Waals surface area contributed by atoms with E-state index in [4.69, 9.17) is 0 Å². The first kappa shape index (κ1) is 27.9. The Hall–Kier alpha value is -1.16. The van der Waals surface area contributed by atoms with Crippen molar-refractivity contribution in [1.29, 1.82) is 0 Å². The molecule has 0 atom stereocenters. The van der Waals surface area contributed by atoms with Crippen LogP contribution in [0.1, 0.15) is 36.1 Å². The van der Waals surface area contributed by atoms with Gasteiger partial charge in [0.05, 0.1) is 12.3 Å². The minimum Gasteiger partial charge on any atom is -0.322 e. The molecular formula is C24H33FN2O2PY+. The summed E-state index contributed by atoms with van der Waals surface area (Å²) in [5.41, 5.74) is 4.97. The number of nitrogens with one attached hydrogen (secondary N) is 2. The second-order valence-electron chi connectivity index (χ2n) is 8.07. The summed E-state index contributed by atoms with van der Waals surface area (Å²) < 4.78 is 13.6. The van der Waals surface area contributed by atoms with Crippen molar-refractivity contribution in [2.24, 2.45) is 0 Å². The van der Waals surface area contributed by atoms with Crippen molar-refractivity contribution in [3.8, 4) is 0 Å². The molecule has 0 saturated carbocycles. The average Bonchev–Trinajstić information content (AvgIpc) is 2.67. The maximum Gasteiger partial charge on any atom is 0.261 e. The first-order chi connectivity index (χ1) is 14.1. The third-order valence-corrected chi connectivity index (χ3v) is 10.4. The number of benzene rings is 2. The molecule has 2 rings (SSSR count). The van der Waals surface area contributed by atoms with E-state index in [2.05, 4.69) is 24.5 Å². The van der Waals surface area contributed by atoms with E-state index < -0.39 is 7.26 Å². The molecule has 2 aromatic carbocycles. The molecule has 0 fully saturated rings. The number of rotatable bonds is 8. The van der Waals surface area contributed by atoms with Gasteiger partial charge in [-0.3, -0.25) is 9.59 Å². The second kappa shape index (κ2) is 12.2. The quantitative estimate of drug-likeness (QED) is 0.440. The van der Waals surface area contributed by atoms with Gasteiger partial charge in [0.1, 0.15) is 18.1 Å². The standard InChI is InChI=1S/C24H32FN2O2P.Y/c1-7-30(8-2,14-21(28)26-23-16(3)10-9-11-17(23)4)15-22(29)27-24-18(5)12-20(25)13-19(24)6;/h9-13H,7-8,14-15H2,1-6H3,(H-,26,27,28,29);/p+1. The van der Waals surface area contributed by atoms with E-state index in [-0.39, 0.29) is 50.3 Å². The molecular weight excluding hydrogens is 487 g/mol. The van der Waals surface area contributed by atoms with E-state index in [1.165, 1.54) is 12.1 Å². The number of hydrogen-bond acceptors (Lipinski definition) is 2. The van der Waals surface area contributed by atoms with Crippen molar-refractivity contribution in [3.05, 3.63) is 58.4 Å². The van der Waals surface area contributed by atoms with E-state index in [9.17, 15) is 14.0 Å². The molecule has 7 heteroatoms. The Morgan fingerprint density at radius 3 is 1.58 bits per heavy atom. The molecule has 0 unspecified atom stereocenters. The van der Waals surface area contributed by atoms with Crippen LogP contribution in [0.5, 0.6) is 0 Å². The third-order valence-electron chi connectivity index (χ3n) is 5.81. The van der Waals surface area contributed by atoms with Crippen LogP contribution in [0.4, 0.5) is 15.8 Å². The number of carbonyl (C=O) groups excluding carboxylic acids is 2. The number of carbonyl (C=O) groups is 2. The molecule has 0 aromatic heterocycles. The summed E-state index contributed by atoms with van der Waals surface area (Å²) in [6, 6.07) is 8.77. The van der Waals surface area contributed by atoms with Gasteiger partial charge in [0.15, 0.2) is 0 Å². The molecule has 0 bridgehead atoms. The monoisotopic (exact) mass is 520 g/mol. The summed E-state index contributed by atoms with van der Waals surface area (Å²) in [4.78, 5) is 25.8. The van der Waals surface area contributed by atoms with E-state index in [0.29, 0.717) is 29.1 Å². The van der Waals surface area contributed by atoms with E-state index in [1.54, 1.807) is 13.8 Å². The summed E-state index contributed by atoms with van der Waals surface area (Å²) >= 11 is 0. The van der Waals surface area contributed by atoms with Crippen LogP contribution in [0.15, 0.2) is 30.3 Å². The Balaban J connectivity index is 0.00000480. The van der Waals surface area contributed by atoms with Gasteiger partial charge < -0.3 is 10.6 Å². The Morgan fingerprint density at radius 1 is 0.806 bits per heavy atom. The first-order valence-electron chi connectivity index (χ1n) is 10.4. The predicted molar refractivity (Wildman–Crippen MR) is 127 cm³/mol. The molecule has 0 aliphatic heterocycles. The molecule has 2 N–H and O–H groups in total. The fourth-order valence-corrected chi connectivity index (χ4v) is 6.64. The largest absolute Gasteiger partial charge is 0.322 e. The number of hydrogen-bond donors (Lipinski definition) is 2. The number of para-hydroxylation sites is 1. The molecule has 0 heterocycles. The third kappa shape index (κ3) is 7.44. The van der Waals surface area contributed by atoms with E-state index in [0.717, 1.165) is 29.1 Å². The van der Waals surface area contributed by atoms with Gasteiger partial charge in [-0.05, 0) is 75.9 Å². The van der Waals surface area contributed by atoms with Crippen LogP contribution in [-0.4, -0.2) is 36.5 Å². The normalized spacial score (nSPS) is 10.9.